The zero-order valence-electron chi connectivity index (χ0n) is 16.5. The Kier molecular flexibility index (Phi) is 5.31. The van der Waals surface area contributed by atoms with Gasteiger partial charge in [-0.05, 0) is 54.6 Å². The summed E-state index contributed by atoms with van der Waals surface area (Å²) in [5.41, 5.74) is 2.78. The average Bonchev–Trinajstić information content (AvgIpc) is 3.42. The summed E-state index contributed by atoms with van der Waals surface area (Å²) in [6, 6.07) is 17.3. The van der Waals surface area contributed by atoms with E-state index in [-0.39, 0.29) is 0 Å². The highest BCUT2D eigenvalue weighted by molar-refractivity contribution is 7.98. The maximum atomic E-state index is 6.11. The van der Waals surface area contributed by atoms with Gasteiger partial charge in [-0.15, -0.1) is 10.2 Å². The fourth-order valence-corrected chi connectivity index (χ4v) is 4.16. The Balaban J connectivity index is 1.51. The third kappa shape index (κ3) is 3.99. The molecular formula is C22H17ClN6OS. The van der Waals surface area contributed by atoms with Crippen molar-refractivity contribution in [1.29, 1.82) is 0 Å². The van der Waals surface area contributed by atoms with E-state index in [2.05, 4.69) is 20.2 Å². The zero-order valence-corrected chi connectivity index (χ0v) is 18.1. The maximum Gasteiger partial charge on any atom is 0.233 e. The lowest BCUT2D eigenvalue weighted by Gasteiger charge is -2.10. The molecule has 0 bridgehead atoms. The Bertz CT molecular complexity index is 1300. The minimum atomic E-state index is 0.637. The SMILES string of the molecule is COc1ccc(-c2nnc(SCc3cn4cccnc4n3)n2-c2ccc(Cl)cc2)cc1. The number of hydrogen-bond donors (Lipinski definition) is 0. The molecule has 0 aliphatic rings. The van der Waals surface area contributed by atoms with Crippen LogP contribution in [0.4, 0.5) is 0 Å². The summed E-state index contributed by atoms with van der Waals surface area (Å²) in [6.07, 6.45) is 5.64. The quantitative estimate of drug-likeness (QED) is 0.343. The highest BCUT2D eigenvalue weighted by atomic mass is 35.5. The lowest BCUT2D eigenvalue weighted by Crippen LogP contribution is -2.00. The van der Waals surface area contributed by atoms with Crippen molar-refractivity contribution in [2.45, 2.75) is 10.9 Å². The van der Waals surface area contributed by atoms with E-state index in [0.29, 0.717) is 16.6 Å². The molecule has 0 saturated carbocycles. The molecule has 0 atom stereocenters. The summed E-state index contributed by atoms with van der Waals surface area (Å²) < 4.78 is 9.21. The minimum Gasteiger partial charge on any atom is -0.497 e. The highest BCUT2D eigenvalue weighted by Crippen LogP contribution is 2.31. The molecule has 0 aliphatic carbocycles. The van der Waals surface area contributed by atoms with Crippen molar-refractivity contribution in [3.63, 3.8) is 0 Å². The number of fused-ring (bicyclic) bond motifs is 1. The van der Waals surface area contributed by atoms with Crippen molar-refractivity contribution >= 4 is 29.1 Å². The van der Waals surface area contributed by atoms with E-state index in [0.717, 1.165) is 33.7 Å². The van der Waals surface area contributed by atoms with Gasteiger partial charge in [0.1, 0.15) is 5.75 Å². The molecule has 154 valence electrons. The van der Waals surface area contributed by atoms with Gasteiger partial charge in [-0.3, -0.25) is 8.97 Å². The number of methoxy groups -OCH3 is 1. The molecule has 0 N–H and O–H groups in total. The second-order valence-electron chi connectivity index (χ2n) is 6.69. The fourth-order valence-electron chi connectivity index (χ4n) is 3.20. The van der Waals surface area contributed by atoms with E-state index in [1.165, 1.54) is 0 Å². The van der Waals surface area contributed by atoms with E-state index in [9.17, 15) is 0 Å². The first-order chi connectivity index (χ1) is 15.2. The molecule has 0 radical (unpaired) electrons. The monoisotopic (exact) mass is 448 g/mol. The van der Waals surface area contributed by atoms with Crippen LogP contribution in [0.5, 0.6) is 5.75 Å². The lowest BCUT2D eigenvalue weighted by atomic mass is 10.2. The van der Waals surface area contributed by atoms with Gasteiger partial charge < -0.3 is 4.74 Å². The van der Waals surface area contributed by atoms with Gasteiger partial charge in [0.05, 0.1) is 12.8 Å². The number of ether oxygens (including phenoxy) is 1. The van der Waals surface area contributed by atoms with E-state index in [1.54, 1.807) is 25.1 Å². The van der Waals surface area contributed by atoms with Crippen LogP contribution in [0.3, 0.4) is 0 Å². The molecule has 0 spiro atoms. The van der Waals surface area contributed by atoms with Crippen molar-refractivity contribution in [2.24, 2.45) is 0 Å². The predicted molar refractivity (Wildman–Crippen MR) is 121 cm³/mol. The first kappa shape index (κ1) is 19.6. The zero-order chi connectivity index (χ0) is 21.2. The minimum absolute atomic E-state index is 0.637. The Morgan fingerprint density at radius 3 is 2.58 bits per heavy atom. The molecule has 5 rings (SSSR count). The summed E-state index contributed by atoms with van der Waals surface area (Å²) in [5, 5.41) is 10.4. The molecule has 5 aromatic rings. The molecule has 9 heteroatoms. The lowest BCUT2D eigenvalue weighted by molar-refractivity contribution is 0.415. The largest absolute Gasteiger partial charge is 0.497 e. The van der Waals surface area contributed by atoms with Crippen molar-refractivity contribution in [3.8, 4) is 22.8 Å². The smallest absolute Gasteiger partial charge is 0.233 e. The predicted octanol–water partition coefficient (Wildman–Crippen LogP) is 4.93. The molecule has 0 aliphatic heterocycles. The van der Waals surface area contributed by atoms with Crippen molar-refractivity contribution in [2.75, 3.05) is 7.11 Å². The number of halogens is 1. The summed E-state index contributed by atoms with van der Waals surface area (Å²) in [5.74, 6) is 2.84. The number of thioether (sulfide) groups is 1. The Morgan fingerprint density at radius 2 is 1.84 bits per heavy atom. The standard InChI is InChI=1S/C22H17ClN6OS/c1-30-19-9-3-15(4-10-19)20-26-27-22(29(20)18-7-5-16(23)6-8-18)31-14-17-13-28-12-2-11-24-21(28)25-17/h2-13H,14H2,1H3. The Hall–Kier alpha value is -3.36. The topological polar surface area (TPSA) is 70.1 Å². The molecular weight excluding hydrogens is 432 g/mol. The second kappa shape index (κ2) is 8.41. The van der Waals surface area contributed by atoms with E-state index >= 15 is 0 Å². The van der Waals surface area contributed by atoms with Gasteiger partial charge in [0.25, 0.3) is 0 Å². The van der Waals surface area contributed by atoms with Crippen molar-refractivity contribution in [3.05, 3.63) is 83.9 Å². The van der Waals surface area contributed by atoms with Gasteiger partial charge in [0.2, 0.25) is 5.78 Å². The second-order valence-corrected chi connectivity index (χ2v) is 8.07. The number of imidazole rings is 1. The Morgan fingerprint density at radius 1 is 1.03 bits per heavy atom. The third-order valence-corrected chi connectivity index (χ3v) is 5.92. The van der Waals surface area contributed by atoms with Gasteiger partial charge in [-0.25, -0.2) is 9.97 Å². The number of nitrogens with zero attached hydrogens (tertiary/aromatic N) is 6. The molecule has 31 heavy (non-hydrogen) atoms. The van der Waals surface area contributed by atoms with Gasteiger partial charge >= 0.3 is 0 Å². The van der Waals surface area contributed by atoms with E-state index in [1.807, 2.05) is 76.0 Å². The summed E-state index contributed by atoms with van der Waals surface area (Å²) in [6.45, 7) is 0. The first-order valence-corrected chi connectivity index (χ1v) is 10.8. The van der Waals surface area contributed by atoms with Gasteiger partial charge in [0, 0.05) is 40.6 Å². The molecule has 0 unspecified atom stereocenters. The number of aromatic nitrogens is 6. The molecule has 3 aromatic heterocycles. The van der Waals surface area contributed by atoms with Gasteiger partial charge in [-0.1, -0.05) is 23.4 Å². The Labute approximate surface area is 187 Å². The molecule has 0 amide bonds. The van der Waals surface area contributed by atoms with Crippen LogP contribution in [-0.4, -0.2) is 36.2 Å². The summed E-state index contributed by atoms with van der Waals surface area (Å²) in [7, 11) is 1.65. The van der Waals surface area contributed by atoms with Crippen LogP contribution in [0.15, 0.2) is 78.3 Å². The molecule has 0 fully saturated rings. The molecule has 0 saturated heterocycles. The molecule has 2 aromatic carbocycles. The van der Waals surface area contributed by atoms with Gasteiger partial charge in [0.15, 0.2) is 11.0 Å². The van der Waals surface area contributed by atoms with Crippen LogP contribution in [-0.2, 0) is 5.75 Å². The van der Waals surface area contributed by atoms with E-state index < -0.39 is 0 Å². The number of benzene rings is 2. The van der Waals surface area contributed by atoms with E-state index in [4.69, 9.17) is 16.3 Å². The molecule has 7 nitrogen and oxygen atoms in total. The highest BCUT2D eigenvalue weighted by Gasteiger charge is 2.17. The van der Waals surface area contributed by atoms with Crippen LogP contribution in [0.2, 0.25) is 5.02 Å². The van der Waals surface area contributed by atoms with Crippen LogP contribution in [0.1, 0.15) is 5.69 Å². The third-order valence-electron chi connectivity index (χ3n) is 4.70. The summed E-state index contributed by atoms with van der Waals surface area (Å²) >= 11 is 7.67. The van der Waals surface area contributed by atoms with Gasteiger partial charge in [-0.2, -0.15) is 0 Å². The van der Waals surface area contributed by atoms with Crippen LogP contribution >= 0.6 is 23.4 Å². The van der Waals surface area contributed by atoms with Crippen LogP contribution < -0.4 is 4.74 Å². The first-order valence-electron chi connectivity index (χ1n) is 9.48. The number of rotatable bonds is 6. The van der Waals surface area contributed by atoms with Crippen LogP contribution in [0, 0.1) is 0 Å². The molecule has 3 heterocycles. The fraction of sp³-hybridized carbons (Fsp3) is 0.0909. The number of hydrogen-bond acceptors (Lipinski definition) is 6. The van der Waals surface area contributed by atoms with Crippen LogP contribution in [0.25, 0.3) is 22.9 Å². The van der Waals surface area contributed by atoms with Crippen molar-refractivity contribution in [1.82, 2.24) is 29.1 Å². The maximum absolute atomic E-state index is 6.11. The average molecular weight is 449 g/mol. The normalized spacial score (nSPS) is 11.2. The summed E-state index contributed by atoms with van der Waals surface area (Å²) in [4.78, 5) is 8.84. The van der Waals surface area contributed by atoms with Crippen molar-refractivity contribution < 1.29 is 4.74 Å².